The highest BCUT2D eigenvalue weighted by atomic mass is 16.1. The molecule has 0 aromatic heterocycles. The van der Waals surface area contributed by atoms with Crippen molar-refractivity contribution < 1.29 is 4.79 Å². The van der Waals surface area contributed by atoms with Gasteiger partial charge in [0.1, 0.15) is 5.78 Å². The summed E-state index contributed by atoms with van der Waals surface area (Å²) in [5.41, 5.74) is 3.24. The van der Waals surface area contributed by atoms with Gasteiger partial charge >= 0.3 is 0 Å². The second-order valence-electron chi connectivity index (χ2n) is 6.98. The molecule has 1 nitrogen and oxygen atoms in total. The first kappa shape index (κ1) is 11.9. The highest BCUT2D eigenvalue weighted by molar-refractivity contribution is 5.85. The third-order valence-corrected chi connectivity index (χ3v) is 5.01. The van der Waals surface area contributed by atoms with E-state index >= 15 is 0 Å². The van der Waals surface area contributed by atoms with E-state index in [0.717, 1.165) is 19.3 Å². The SMILES string of the molecule is CC1=C(C)C[C@@]2(C)CC(=O)C(C)(C)C[C@@H]2C1. The molecule has 0 bridgehead atoms. The number of carbonyl (C=O) groups excluding carboxylic acids is 1. The Morgan fingerprint density at radius 2 is 1.69 bits per heavy atom. The average molecular weight is 220 g/mol. The quantitative estimate of drug-likeness (QED) is 0.561. The van der Waals surface area contributed by atoms with Crippen molar-refractivity contribution in [3.63, 3.8) is 0 Å². The molecule has 2 atom stereocenters. The first-order valence-electron chi connectivity index (χ1n) is 6.43. The van der Waals surface area contributed by atoms with E-state index in [1.807, 2.05) is 0 Å². The molecular formula is C15H24O. The summed E-state index contributed by atoms with van der Waals surface area (Å²) in [7, 11) is 0. The smallest absolute Gasteiger partial charge is 0.139 e. The number of ketones is 1. The number of Topliss-reactive ketones (excluding diaryl/α,β-unsaturated/α-hetero) is 1. The lowest BCUT2D eigenvalue weighted by molar-refractivity contribution is -0.137. The van der Waals surface area contributed by atoms with Crippen LogP contribution in [0.3, 0.4) is 0 Å². The topological polar surface area (TPSA) is 17.1 Å². The molecule has 1 heteroatoms. The normalized spacial score (nSPS) is 38.6. The Bertz CT molecular complexity index is 362. The lowest BCUT2D eigenvalue weighted by Gasteiger charge is -2.50. The van der Waals surface area contributed by atoms with Gasteiger partial charge in [0, 0.05) is 11.8 Å². The number of carbonyl (C=O) groups is 1. The first-order valence-corrected chi connectivity index (χ1v) is 6.43. The molecule has 90 valence electrons. The monoisotopic (exact) mass is 220 g/mol. The molecule has 1 fully saturated rings. The highest BCUT2D eigenvalue weighted by Crippen LogP contribution is 2.54. The Labute approximate surface area is 99.3 Å². The molecule has 0 aliphatic heterocycles. The van der Waals surface area contributed by atoms with Gasteiger partial charge in [-0.05, 0) is 44.4 Å². The Morgan fingerprint density at radius 1 is 1.06 bits per heavy atom. The van der Waals surface area contributed by atoms with Crippen molar-refractivity contribution in [3.05, 3.63) is 11.1 Å². The van der Waals surface area contributed by atoms with Crippen LogP contribution in [0.5, 0.6) is 0 Å². The molecule has 1 saturated carbocycles. The number of fused-ring (bicyclic) bond motifs is 1. The van der Waals surface area contributed by atoms with Gasteiger partial charge in [0.2, 0.25) is 0 Å². The van der Waals surface area contributed by atoms with Crippen molar-refractivity contribution >= 4 is 5.78 Å². The van der Waals surface area contributed by atoms with E-state index in [4.69, 9.17) is 0 Å². The molecular weight excluding hydrogens is 196 g/mol. The van der Waals surface area contributed by atoms with E-state index in [1.165, 1.54) is 12.0 Å². The van der Waals surface area contributed by atoms with Gasteiger partial charge in [0.15, 0.2) is 0 Å². The molecule has 0 saturated heterocycles. The van der Waals surface area contributed by atoms with Gasteiger partial charge in [-0.2, -0.15) is 0 Å². The second-order valence-corrected chi connectivity index (χ2v) is 6.98. The van der Waals surface area contributed by atoms with E-state index in [9.17, 15) is 4.79 Å². The highest BCUT2D eigenvalue weighted by Gasteiger charge is 2.48. The first-order chi connectivity index (χ1) is 7.24. The van der Waals surface area contributed by atoms with Crippen LogP contribution in [0.15, 0.2) is 11.1 Å². The third-order valence-electron chi connectivity index (χ3n) is 5.01. The lowest BCUT2D eigenvalue weighted by Crippen LogP contribution is -2.45. The zero-order valence-electron chi connectivity index (χ0n) is 11.3. The largest absolute Gasteiger partial charge is 0.299 e. The van der Waals surface area contributed by atoms with Gasteiger partial charge < -0.3 is 0 Å². The fourth-order valence-electron chi connectivity index (χ4n) is 3.55. The van der Waals surface area contributed by atoms with Gasteiger partial charge in [-0.15, -0.1) is 0 Å². The summed E-state index contributed by atoms with van der Waals surface area (Å²) < 4.78 is 0. The van der Waals surface area contributed by atoms with E-state index in [1.54, 1.807) is 5.57 Å². The van der Waals surface area contributed by atoms with Crippen molar-refractivity contribution in [2.24, 2.45) is 16.7 Å². The van der Waals surface area contributed by atoms with Crippen LogP contribution in [-0.4, -0.2) is 5.78 Å². The predicted molar refractivity (Wildman–Crippen MR) is 67.2 cm³/mol. The van der Waals surface area contributed by atoms with Crippen molar-refractivity contribution in [1.82, 2.24) is 0 Å². The minimum absolute atomic E-state index is 0.0876. The van der Waals surface area contributed by atoms with Crippen LogP contribution in [0, 0.1) is 16.7 Å². The van der Waals surface area contributed by atoms with Gasteiger partial charge in [0.25, 0.3) is 0 Å². The van der Waals surface area contributed by atoms with E-state index in [-0.39, 0.29) is 10.8 Å². The Balaban J connectivity index is 2.32. The predicted octanol–water partition coefficient (Wildman–Crippen LogP) is 4.13. The van der Waals surface area contributed by atoms with Gasteiger partial charge in [-0.3, -0.25) is 4.79 Å². The molecule has 16 heavy (non-hydrogen) atoms. The summed E-state index contributed by atoms with van der Waals surface area (Å²) >= 11 is 0. The molecule has 0 unspecified atom stereocenters. The maximum atomic E-state index is 12.1. The average Bonchev–Trinajstić information content (AvgIpc) is 2.12. The van der Waals surface area contributed by atoms with Gasteiger partial charge in [-0.1, -0.05) is 31.9 Å². The second kappa shape index (κ2) is 3.45. The standard InChI is InChI=1S/C15H24O/c1-10-6-12-8-14(3,4)13(16)9-15(12,5)7-11(10)2/h12H,6-9H2,1-5H3/t12-,15-/m0/s1. The van der Waals surface area contributed by atoms with E-state index in [0.29, 0.717) is 11.7 Å². The summed E-state index contributed by atoms with van der Waals surface area (Å²) in [5, 5.41) is 0. The van der Waals surface area contributed by atoms with Crippen molar-refractivity contribution in [1.29, 1.82) is 0 Å². The van der Waals surface area contributed by atoms with Crippen LogP contribution in [0.2, 0.25) is 0 Å². The zero-order valence-corrected chi connectivity index (χ0v) is 11.3. The summed E-state index contributed by atoms with van der Waals surface area (Å²) in [4.78, 5) is 12.1. The summed E-state index contributed by atoms with van der Waals surface area (Å²) in [6.45, 7) is 11.1. The Hall–Kier alpha value is -0.590. The van der Waals surface area contributed by atoms with Gasteiger partial charge in [0.05, 0.1) is 0 Å². The lowest BCUT2D eigenvalue weighted by atomic mass is 9.54. The van der Waals surface area contributed by atoms with E-state index in [2.05, 4.69) is 34.6 Å². The summed E-state index contributed by atoms with van der Waals surface area (Å²) in [6.07, 6.45) is 4.20. The number of hydrogen-bond donors (Lipinski definition) is 0. The number of rotatable bonds is 0. The summed E-state index contributed by atoms with van der Waals surface area (Å²) in [5.74, 6) is 1.18. The molecule has 0 radical (unpaired) electrons. The van der Waals surface area contributed by atoms with Crippen molar-refractivity contribution in [2.75, 3.05) is 0 Å². The summed E-state index contributed by atoms with van der Waals surface area (Å²) in [6, 6.07) is 0. The minimum Gasteiger partial charge on any atom is -0.299 e. The number of hydrogen-bond acceptors (Lipinski definition) is 1. The minimum atomic E-state index is -0.0876. The molecule has 2 aliphatic rings. The maximum absolute atomic E-state index is 12.1. The van der Waals surface area contributed by atoms with Crippen LogP contribution in [-0.2, 0) is 4.79 Å². The fraction of sp³-hybridized carbons (Fsp3) is 0.800. The Kier molecular flexibility index (Phi) is 2.56. The third kappa shape index (κ3) is 1.74. The maximum Gasteiger partial charge on any atom is 0.139 e. The molecule has 0 amide bonds. The van der Waals surface area contributed by atoms with Gasteiger partial charge in [-0.25, -0.2) is 0 Å². The molecule has 2 aliphatic carbocycles. The molecule has 0 spiro atoms. The number of allylic oxidation sites excluding steroid dienone is 2. The molecule has 0 aromatic rings. The Morgan fingerprint density at radius 3 is 2.31 bits per heavy atom. The van der Waals surface area contributed by atoms with Crippen molar-refractivity contribution in [3.8, 4) is 0 Å². The molecule has 0 heterocycles. The molecule has 0 aromatic carbocycles. The van der Waals surface area contributed by atoms with Crippen molar-refractivity contribution in [2.45, 2.75) is 60.3 Å². The van der Waals surface area contributed by atoms with Crippen LogP contribution >= 0.6 is 0 Å². The molecule has 0 N–H and O–H groups in total. The van der Waals surface area contributed by atoms with Crippen LogP contribution in [0.4, 0.5) is 0 Å². The zero-order chi connectivity index (χ0) is 12.1. The van der Waals surface area contributed by atoms with Crippen LogP contribution in [0.25, 0.3) is 0 Å². The van der Waals surface area contributed by atoms with Crippen LogP contribution < -0.4 is 0 Å². The van der Waals surface area contributed by atoms with Crippen LogP contribution in [0.1, 0.15) is 60.3 Å². The molecule has 2 rings (SSSR count). The fourth-order valence-corrected chi connectivity index (χ4v) is 3.55. The van der Waals surface area contributed by atoms with E-state index < -0.39 is 0 Å².